The zero-order valence-corrected chi connectivity index (χ0v) is 12.1. The Balaban J connectivity index is 0.000000383. The zero-order valence-electron chi connectivity index (χ0n) is 11.3. The Morgan fingerprint density at radius 1 is 1.48 bits per heavy atom. The lowest BCUT2D eigenvalue weighted by molar-refractivity contribution is 0.112. The number of pyridine rings is 1. The first-order valence-electron chi connectivity index (χ1n) is 6.01. The molecule has 0 fully saturated rings. The van der Waals surface area contributed by atoms with Crippen molar-refractivity contribution in [2.24, 2.45) is 0 Å². The van der Waals surface area contributed by atoms with Gasteiger partial charge in [0.2, 0.25) is 0 Å². The Labute approximate surface area is 127 Å². The van der Waals surface area contributed by atoms with E-state index in [1.54, 1.807) is 25.2 Å². The van der Waals surface area contributed by atoms with Gasteiger partial charge >= 0.3 is 0 Å². The predicted molar refractivity (Wildman–Crippen MR) is 79.6 cm³/mol. The molecule has 1 aromatic carbocycles. The zero-order chi connectivity index (χ0) is 15.7. The van der Waals surface area contributed by atoms with Crippen molar-refractivity contribution < 1.29 is 9.18 Å². The summed E-state index contributed by atoms with van der Waals surface area (Å²) in [6.07, 6.45) is 2.15. The van der Waals surface area contributed by atoms with Crippen LogP contribution >= 0.6 is 11.6 Å². The Hall–Kier alpha value is -2.29. The highest BCUT2D eigenvalue weighted by Gasteiger charge is 2.09. The number of carbonyl (C=O) groups excluding carboxylic acids is 1. The summed E-state index contributed by atoms with van der Waals surface area (Å²) in [5.74, 6) is -0.528. The van der Waals surface area contributed by atoms with Crippen molar-refractivity contribution in [3.8, 4) is 17.3 Å². The molecular weight excluding hydrogens is 293 g/mol. The molecule has 0 radical (unpaired) electrons. The molecule has 0 bridgehead atoms. The van der Waals surface area contributed by atoms with Gasteiger partial charge in [-0.3, -0.25) is 9.78 Å². The smallest absolute Gasteiger partial charge is 0.151 e. The van der Waals surface area contributed by atoms with E-state index in [1.165, 1.54) is 18.3 Å². The first kappa shape index (κ1) is 16.8. The van der Waals surface area contributed by atoms with Gasteiger partial charge in [0.1, 0.15) is 6.29 Å². The molecule has 0 aliphatic carbocycles. The molecule has 1 heterocycles. The van der Waals surface area contributed by atoms with Gasteiger partial charge in [-0.05, 0) is 31.3 Å². The van der Waals surface area contributed by atoms with Crippen molar-refractivity contribution in [1.29, 1.82) is 5.26 Å². The first-order chi connectivity index (χ1) is 10.1. The molecule has 21 heavy (non-hydrogen) atoms. The molecule has 0 aliphatic heterocycles. The second-order valence-electron chi connectivity index (χ2n) is 3.88. The normalized spacial score (nSPS) is 9.24. The van der Waals surface area contributed by atoms with E-state index in [2.05, 4.69) is 10.3 Å². The molecular formula is C15H13ClFN3O. The largest absolute Gasteiger partial charge is 0.308 e. The van der Waals surface area contributed by atoms with Gasteiger partial charge in [-0.1, -0.05) is 17.7 Å². The quantitative estimate of drug-likeness (QED) is 0.699. The van der Waals surface area contributed by atoms with E-state index >= 15 is 0 Å². The Morgan fingerprint density at radius 3 is 2.81 bits per heavy atom. The van der Waals surface area contributed by atoms with Crippen molar-refractivity contribution in [2.75, 3.05) is 13.6 Å². The van der Waals surface area contributed by atoms with Crippen LogP contribution in [-0.2, 0) is 0 Å². The third-order valence-electron chi connectivity index (χ3n) is 2.40. The van der Waals surface area contributed by atoms with Crippen molar-refractivity contribution >= 4 is 17.9 Å². The second kappa shape index (κ2) is 8.80. The van der Waals surface area contributed by atoms with Gasteiger partial charge in [-0.25, -0.2) is 4.39 Å². The number of benzene rings is 1. The van der Waals surface area contributed by atoms with Gasteiger partial charge in [-0.15, -0.1) is 0 Å². The molecule has 2 rings (SSSR count). The maximum Gasteiger partial charge on any atom is 0.151 e. The highest BCUT2D eigenvalue weighted by atomic mass is 35.5. The number of rotatable bonds is 3. The molecule has 2 aromatic rings. The molecule has 1 N–H and O–H groups in total. The second-order valence-corrected chi connectivity index (χ2v) is 4.29. The minimum Gasteiger partial charge on any atom is -0.308 e. The number of hydrogen-bond acceptors (Lipinski definition) is 4. The fraction of sp³-hybridized carbons (Fsp3) is 0.133. The number of nitriles is 1. The molecule has 4 nitrogen and oxygen atoms in total. The fourth-order valence-electron chi connectivity index (χ4n) is 1.45. The van der Waals surface area contributed by atoms with Crippen LogP contribution in [0.15, 0.2) is 36.5 Å². The van der Waals surface area contributed by atoms with Gasteiger partial charge < -0.3 is 5.32 Å². The third kappa shape index (κ3) is 4.95. The van der Waals surface area contributed by atoms with Crippen LogP contribution < -0.4 is 5.32 Å². The maximum atomic E-state index is 13.7. The molecule has 0 saturated carbocycles. The number of nitrogens with one attached hydrogen (secondary N) is 1. The van der Waals surface area contributed by atoms with E-state index in [0.717, 1.165) is 0 Å². The number of aromatic nitrogens is 1. The lowest BCUT2D eigenvalue weighted by Crippen LogP contribution is -2.03. The van der Waals surface area contributed by atoms with Crippen LogP contribution in [-0.4, -0.2) is 24.9 Å². The molecule has 0 spiro atoms. The topological polar surface area (TPSA) is 65.8 Å². The van der Waals surface area contributed by atoms with Crippen LogP contribution in [0.3, 0.4) is 0 Å². The molecule has 0 atom stereocenters. The van der Waals surface area contributed by atoms with E-state index in [4.69, 9.17) is 16.9 Å². The highest BCUT2D eigenvalue weighted by molar-refractivity contribution is 6.31. The van der Waals surface area contributed by atoms with Crippen LogP contribution in [0.4, 0.5) is 4.39 Å². The molecule has 0 aliphatic rings. The van der Waals surface area contributed by atoms with Gasteiger partial charge in [0.05, 0.1) is 23.3 Å². The fourth-order valence-corrected chi connectivity index (χ4v) is 1.62. The van der Waals surface area contributed by atoms with Crippen molar-refractivity contribution in [2.45, 2.75) is 0 Å². The summed E-state index contributed by atoms with van der Waals surface area (Å²) < 4.78 is 13.7. The van der Waals surface area contributed by atoms with Gasteiger partial charge in [-0.2, -0.15) is 5.26 Å². The number of nitrogens with zero attached hydrogens (tertiary/aromatic N) is 2. The number of halogens is 2. The third-order valence-corrected chi connectivity index (χ3v) is 2.70. The summed E-state index contributed by atoms with van der Waals surface area (Å²) in [5, 5.41) is 10.4. The first-order valence-corrected chi connectivity index (χ1v) is 6.39. The van der Waals surface area contributed by atoms with E-state index < -0.39 is 5.82 Å². The van der Waals surface area contributed by atoms with E-state index in [1.807, 2.05) is 6.07 Å². The van der Waals surface area contributed by atoms with Crippen LogP contribution in [0.1, 0.15) is 10.4 Å². The summed E-state index contributed by atoms with van der Waals surface area (Å²) in [5.41, 5.74) is 1.13. The summed E-state index contributed by atoms with van der Waals surface area (Å²) in [6, 6.07) is 9.64. The molecule has 1 aromatic heterocycles. The van der Waals surface area contributed by atoms with E-state index in [0.29, 0.717) is 24.1 Å². The lowest BCUT2D eigenvalue weighted by Gasteiger charge is -2.03. The number of hydrogen-bond donors (Lipinski definition) is 1. The Bertz CT molecular complexity index is 656. The minimum atomic E-state index is -0.528. The van der Waals surface area contributed by atoms with E-state index in [9.17, 15) is 9.18 Å². The van der Waals surface area contributed by atoms with Crippen molar-refractivity contribution in [1.82, 2.24) is 10.3 Å². The summed E-state index contributed by atoms with van der Waals surface area (Å²) in [7, 11) is 1.74. The number of carbonyl (C=O) groups is 1. The Kier molecular flexibility index (Phi) is 7.02. The van der Waals surface area contributed by atoms with Crippen molar-refractivity contribution in [3.63, 3.8) is 0 Å². The predicted octanol–water partition coefficient (Wildman–Crippen LogP) is 3.08. The van der Waals surface area contributed by atoms with Gasteiger partial charge in [0.15, 0.2) is 5.82 Å². The average Bonchev–Trinajstić information content (AvgIpc) is 2.51. The summed E-state index contributed by atoms with van der Waals surface area (Å²) >= 11 is 5.67. The van der Waals surface area contributed by atoms with Gasteiger partial charge in [0, 0.05) is 17.3 Å². The maximum absolute atomic E-state index is 13.7. The van der Waals surface area contributed by atoms with Crippen LogP contribution in [0, 0.1) is 17.1 Å². The summed E-state index contributed by atoms with van der Waals surface area (Å²) in [6.45, 7) is 0.444. The molecule has 108 valence electrons. The SMILES string of the molecule is CNCC#N.O=Cc1ccnc(-c2cccc(Cl)c2F)c1. The van der Waals surface area contributed by atoms with Crippen LogP contribution in [0.2, 0.25) is 5.02 Å². The highest BCUT2D eigenvalue weighted by Crippen LogP contribution is 2.26. The average molecular weight is 306 g/mol. The number of aldehydes is 1. The van der Waals surface area contributed by atoms with E-state index in [-0.39, 0.29) is 10.6 Å². The Morgan fingerprint density at radius 2 is 2.24 bits per heavy atom. The molecule has 6 heteroatoms. The monoisotopic (exact) mass is 305 g/mol. The standard InChI is InChI=1S/C12H7ClFNO.C3H6N2/c13-10-3-1-2-9(12(10)14)11-6-8(7-16)4-5-15-11;1-5-3-2-4/h1-7H;5H,3H2,1H3. The summed E-state index contributed by atoms with van der Waals surface area (Å²) in [4.78, 5) is 14.6. The lowest BCUT2D eigenvalue weighted by atomic mass is 10.1. The van der Waals surface area contributed by atoms with Gasteiger partial charge in [0.25, 0.3) is 0 Å². The van der Waals surface area contributed by atoms with Crippen molar-refractivity contribution in [3.05, 3.63) is 52.9 Å². The molecule has 0 unspecified atom stereocenters. The molecule has 0 saturated heterocycles. The van der Waals surface area contributed by atoms with Crippen LogP contribution in [0.5, 0.6) is 0 Å². The van der Waals surface area contributed by atoms with Crippen LogP contribution in [0.25, 0.3) is 11.3 Å². The minimum absolute atomic E-state index is 0.0378. The molecule has 0 amide bonds.